The van der Waals surface area contributed by atoms with Crippen molar-refractivity contribution in [1.29, 1.82) is 0 Å². The van der Waals surface area contributed by atoms with Crippen molar-refractivity contribution in [1.82, 2.24) is 4.90 Å². The third-order valence-electron chi connectivity index (χ3n) is 2.76. The first kappa shape index (κ1) is 15.3. The first-order chi connectivity index (χ1) is 8.49. The van der Waals surface area contributed by atoms with Gasteiger partial charge in [-0.05, 0) is 38.2 Å². The zero-order valence-corrected chi connectivity index (χ0v) is 12.3. The largest absolute Gasteiger partial charge is 0.443 e. The summed E-state index contributed by atoms with van der Waals surface area (Å²) in [5, 5.41) is 0.770. The van der Waals surface area contributed by atoms with Crippen molar-refractivity contribution >= 4 is 29.2 Å². The van der Waals surface area contributed by atoms with Crippen molar-refractivity contribution in [3.8, 4) is 0 Å². The van der Waals surface area contributed by atoms with E-state index in [1.165, 1.54) is 6.07 Å². The second-order valence-corrected chi connectivity index (χ2v) is 4.67. The van der Waals surface area contributed by atoms with Gasteiger partial charge in [0.25, 0.3) is 0 Å². The van der Waals surface area contributed by atoms with E-state index in [0.717, 1.165) is 13.1 Å². The number of carbonyl (C=O) groups excluding carboxylic acids is 1. The molecule has 0 spiro atoms. The van der Waals surface area contributed by atoms with Crippen LogP contribution in [0.2, 0.25) is 10.0 Å². The van der Waals surface area contributed by atoms with Gasteiger partial charge in [-0.15, -0.1) is 0 Å². The molecule has 0 bridgehead atoms. The molecule has 1 aromatic rings. The molecular weight excluding hydrogens is 273 g/mol. The lowest BCUT2D eigenvalue weighted by Crippen LogP contribution is -2.36. The quantitative estimate of drug-likeness (QED) is 0.609. The van der Waals surface area contributed by atoms with E-state index < -0.39 is 5.97 Å². The average molecular weight is 290 g/mol. The number of hydrogen-bond donors (Lipinski definition) is 0. The lowest BCUT2D eigenvalue weighted by Gasteiger charge is -2.25. The Morgan fingerprint density at radius 2 is 1.89 bits per heavy atom. The maximum absolute atomic E-state index is 11.9. The van der Waals surface area contributed by atoms with Crippen LogP contribution in [0.5, 0.6) is 0 Å². The molecule has 1 atom stereocenters. The first-order valence-corrected chi connectivity index (χ1v) is 6.65. The molecule has 100 valence electrons. The smallest absolute Gasteiger partial charge is 0.339 e. The lowest BCUT2D eigenvalue weighted by molar-refractivity contribution is -0.0196. The van der Waals surface area contributed by atoms with Gasteiger partial charge >= 0.3 is 5.97 Å². The van der Waals surface area contributed by atoms with Crippen LogP contribution in [0.1, 0.15) is 31.1 Å². The van der Waals surface area contributed by atoms with Crippen LogP contribution in [-0.4, -0.2) is 30.2 Å². The fourth-order valence-electron chi connectivity index (χ4n) is 1.66. The zero-order valence-electron chi connectivity index (χ0n) is 10.7. The fraction of sp³-hybridized carbons (Fsp3) is 0.462. The van der Waals surface area contributed by atoms with Crippen LogP contribution in [0, 0.1) is 0 Å². The van der Waals surface area contributed by atoms with Gasteiger partial charge in [-0.3, -0.25) is 4.90 Å². The number of nitrogens with zero attached hydrogens (tertiary/aromatic N) is 1. The molecule has 0 saturated carbocycles. The Morgan fingerprint density at radius 3 is 2.39 bits per heavy atom. The van der Waals surface area contributed by atoms with Crippen molar-refractivity contribution in [2.45, 2.75) is 27.0 Å². The van der Waals surface area contributed by atoms with Crippen LogP contribution >= 0.6 is 23.2 Å². The standard InChI is InChI=1S/C13H17Cl2NO2/c1-4-16(5-2)9(3)18-13(17)10-6-7-11(14)12(15)8-10/h6-9H,4-5H2,1-3H3. The molecule has 0 aromatic heterocycles. The summed E-state index contributed by atoms with van der Waals surface area (Å²) in [5.74, 6) is -0.395. The van der Waals surface area contributed by atoms with E-state index in [1.54, 1.807) is 12.1 Å². The van der Waals surface area contributed by atoms with E-state index >= 15 is 0 Å². The normalized spacial score (nSPS) is 12.6. The molecule has 1 unspecified atom stereocenters. The highest BCUT2D eigenvalue weighted by atomic mass is 35.5. The SMILES string of the molecule is CCN(CC)C(C)OC(=O)c1ccc(Cl)c(Cl)c1. The topological polar surface area (TPSA) is 29.5 Å². The van der Waals surface area contributed by atoms with Crippen LogP contribution in [0.25, 0.3) is 0 Å². The minimum Gasteiger partial charge on any atom is -0.443 e. The number of hydrogen-bond acceptors (Lipinski definition) is 3. The highest BCUT2D eigenvalue weighted by molar-refractivity contribution is 6.42. The molecule has 5 heteroatoms. The van der Waals surface area contributed by atoms with Gasteiger partial charge in [0.1, 0.15) is 0 Å². The summed E-state index contributed by atoms with van der Waals surface area (Å²) in [6.07, 6.45) is -0.262. The zero-order chi connectivity index (χ0) is 13.7. The summed E-state index contributed by atoms with van der Waals surface area (Å²) in [4.78, 5) is 13.9. The van der Waals surface area contributed by atoms with Crippen molar-refractivity contribution in [3.63, 3.8) is 0 Å². The molecule has 0 fully saturated rings. The van der Waals surface area contributed by atoms with E-state index in [4.69, 9.17) is 27.9 Å². The van der Waals surface area contributed by atoms with Crippen LogP contribution in [-0.2, 0) is 4.74 Å². The van der Waals surface area contributed by atoms with Gasteiger partial charge in [-0.25, -0.2) is 4.79 Å². The molecule has 0 N–H and O–H groups in total. The molecule has 3 nitrogen and oxygen atoms in total. The van der Waals surface area contributed by atoms with Crippen molar-refractivity contribution < 1.29 is 9.53 Å². The molecule has 0 heterocycles. The highest BCUT2D eigenvalue weighted by Gasteiger charge is 2.17. The number of ether oxygens (including phenoxy) is 1. The first-order valence-electron chi connectivity index (χ1n) is 5.89. The van der Waals surface area contributed by atoms with Crippen molar-refractivity contribution in [2.75, 3.05) is 13.1 Å². The number of carbonyl (C=O) groups is 1. The Balaban J connectivity index is 2.73. The highest BCUT2D eigenvalue weighted by Crippen LogP contribution is 2.23. The number of rotatable bonds is 5. The Bertz CT molecular complexity index is 419. The molecule has 1 rings (SSSR count). The molecular formula is C13H17Cl2NO2. The lowest BCUT2D eigenvalue weighted by atomic mass is 10.2. The molecule has 18 heavy (non-hydrogen) atoms. The Labute approximate surface area is 118 Å². The van der Waals surface area contributed by atoms with Crippen molar-refractivity contribution in [2.24, 2.45) is 0 Å². The predicted octanol–water partition coefficient (Wildman–Crippen LogP) is 3.84. The minimum atomic E-state index is -0.395. The van der Waals surface area contributed by atoms with E-state index in [1.807, 2.05) is 25.7 Å². The Kier molecular flexibility index (Phi) is 5.93. The van der Waals surface area contributed by atoms with Crippen LogP contribution in [0.15, 0.2) is 18.2 Å². The summed E-state index contributed by atoms with van der Waals surface area (Å²) < 4.78 is 5.36. The van der Waals surface area contributed by atoms with Crippen LogP contribution in [0.3, 0.4) is 0 Å². The van der Waals surface area contributed by atoms with E-state index in [2.05, 4.69) is 0 Å². The summed E-state index contributed by atoms with van der Waals surface area (Å²) in [6.45, 7) is 7.54. The Hall–Kier alpha value is -0.770. The van der Waals surface area contributed by atoms with Gasteiger partial charge in [0, 0.05) is 0 Å². The van der Waals surface area contributed by atoms with E-state index in [0.29, 0.717) is 15.6 Å². The van der Waals surface area contributed by atoms with Gasteiger partial charge in [-0.2, -0.15) is 0 Å². The summed E-state index contributed by atoms with van der Waals surface area (Å²) >= 11 is 11.7. The van der Waals surface area contributed by atoms with E-state index in [-0.39, 0.29) is 6.23 Å². The van der Waals surface area contributed by atoms with Gasteiger partial charge in [0.2, 0.25) is 0 Å². The monoisotopic (exact) mass is 289 g/mol. The maximum Gasteiger partial charge on any atom is 0.339 e. The summed E-state index contributed by atoms with van der Waals surface area (Å²) in [7, 11) is 0. The fourth-order valence-corrected chi connectivity index (χ4v) is 1.96. The third-order valence-corrected chi connectivity index (χ3v) is 3.50. The second kappa shape index (κ2) is 6.98. The molecule has 0 saturated heterocycles. The molecule has 0 aliphatic carbocycles. The number of benzene rings is 1. The maximum atomic E-state index is 11.9. The van der Waals surface area contributed by atoms with Crippen LogP contribution in [0.4, 0.5) is 0 Å². The minimum absolute atomic E-state index is 0.262. The van der Waals surface area contributed by atoms with Gasteiger partial charge in [0.05, 0.1) is 15.6 Å². The molecule has 0 amide bonds. The van der Waals surface area contributed by atoms with Gasteiger partial charge in [-0.1, -0.05) is 37.0 Å². The molecule has 0 aliphatic rings. The third kappa shape index (κ3) is 3.87. The van der Waals surface area contributed by atoms with E-state index in [9.17, 15) is 4.79 Å². The Morgan fingerprint density at radius 1 is 1.28 bits per heavy atom. The second-order valence-electron chi connectivity index (χ2n) is 3.85. The average Bonchev–Trinajstić information content (AvgIpc) is 2.34. The van der Waals surface area contributed by atoms with Crippen LogP contribution < -0.4 is 0 Å². The van der Waals surface area contributed by atoms with Crippen molar-refractivity contribution in [3.05, 3.63) is 33.8 Å². The van der Waals surface area contributed by atoms with Gasteiger partial charge in [0.15, 0.2) is 6.23 Å². The molecule has 0 aliphatic heterocycles. The molecule has 1 aromatic carbocycles. The predicted molar refractivity (Wildman–Crippen MR) is 74.3 cm³/mol. The summed E-state index contributed by atoms with van der Waals surface area (Å²) in [5.41, 5.74) is 0.406. The number of esters is 1. The molecule has 0 radical (unpaired) electrons. The number of halogens is 2. The summed E-state index contributed by atoms with van der Waals surface area (Å²) in [6, 6.07) is 4.70. The van der Waals surface area contributed by atoms with Gasteiger partial charge < -0.3 is 4.74 Å².